The van der Waals surface area contributed by atoms with E-state index in [1.165, 1.54) is 0 Å². The molecule has 2 atom stereocenters. The van der Waals surface area contributed by atoms with E-state index in [4.69, 9.17) is 5.73 Å². The van der Waals surface area contributed by atoms with E-state index in [0.717, 1.165) is 37.1 Å². The first kappa shape index (κ1) is 21.9. The van der Waals surface area contributed by atoms with Gasteiger partial charge in [-0.2, -0.15) is 0 Å². The van der Waals surface area contributed by atoms with Gasteiger partial charge in [0.15, 0.2) is 0 Å². The molecule has 0 radical (unpaired) electrons. The largest absolute Gasteiger partial charge is 0.339 e. The Morgan fingerprint density at radius 1 is 1.04 bits per heavy atom. The first-order chi connectivity index (χ1) is 13.0. The number of halogens is 1. The highest BCUT2D eigenvalue weighted by Gasteiger charge is 2.25. The van der Waals surface area contributed by atoms with E-state index < -0.39 is 5.92 Å². The second kappa shape index (κ2) is 9.71. The molecule has 28 heavy (non-hydrogen) atoms. The molecule has 150 valence electrons. The summed E-state index contributed by atoms with van der Waals surface area (Å²) < 4.78 is 0. The molecule has 0 bridgehead atoms. The topological polar surface area (TPSA) is 75.4 Å². The Balaban J connectivity index is 0.00000280. The molecule has 2 aromatic rings. The number of carbonyl (C=O) groups is 2. The molecule has 3 N–H and O–H groups in total. The molecule has 6 heteroatoms. The summed E-state index contributed by atoms with van der Waals surface area (Å²) in [6.07, 6.45) is 2.10. The number of rotatable bonds is 5. The zero-order valence-corrected chi connectivity index (χ0v) is 17.2. The van der Waals surface area contributed by atoms with Gasteiger partial charge in [-0.3, -0.25) is 9.59 Å². The molecule has 5 nitrogen and oxygen atoms in total. The summed E-state index contributed by atoms with van der Waals surface area (Å²) in [7, 11) is 0. The Hall–Kier alpha value is -2.37. The lowest BCUT2D eigenvalue weighted by Crippen LogP contribution is -2.31. The zero-order valence-electron chi connectivity index (χ0n) is 16.4. The van der Waals surface area contributed by atoms with Gasteiger partial charge in [-0.25, -0.2) is 0 Å². The molecule has 2 unspecified atom stereocenters. The summed E-state index contributed by atoms with van der Waals surface area (Å²) in [5, 5.41) is 2.96. The van der Waals surface area contributed by atoms with E-state index in [1.54, 1.807) is 0 Å². The van der Waals surface area contributed by atoms with Gasteiger partial charge in [-0.15, -0.1) is 12.4 Å². The van der Waals surface area contributed by atoms with Gasteiger partial charge < -0.3 is 16.0 Å². The third-order valence-electron chi connectivity index (χ3n) is 5.35. The smallest absolute Gasteiger partial charge is 0.254 e. The molecule has 3 rings (SSSR count). The van der Waals surface area contributed by atoms with Crippen molar-refractivity contribution in [2.75, 3.05) is 18.4 Å². The Bertz CT molecular complexity index is 820. The lowest BCUT2D eigenvalue weighted by molar-refractivity contribution is -0.120. The third-order valence-corrected chi connectivity index (χ3v) is 5.35. The molecular weight excluding hydrogens is 374 g/mol. The van der Waals surface area contributed by atoms with Crippen molar-refractivity contribution >= 4 is 29.9 Å². The highest BCUT2D eigenvalue weighted by Crippen LogP contribution is 2.25. The fourth-order valence-corrected chi connectivity index (χ4v) is 3.47. The maximum absolute atomic E-state index is 12.7. The van der Waals surface area contributed by atoms with Gasteiger partial charge in [0.1, 0.15) is 0 Å². The van der Waals surface area contributed by atoms with Crippen molar-refractivity contribution < 1.29 is 9.59 Å². The average molecular weight is 402 g/mol. The van der Waals surface area contributed by atoms with Crippen LogP contribution in [-0.4, -0.2) is 29.8 Å². The SMILES string of the molecule is Cc1c(NC(=O)C(C)C(N)c2ccccc2)cccc1C(=O)N1CCCC1.Cl. The summed E-state index contributed by atoms with van der Waals surface area (Å²) in [5.41, 5.74) is 9.30. The van der Waals surface area contributed by atoms with Crippen molar-refractivity contribution in [3.8, 4) is 0 Å². The van der Waals surface area contributed by atoms with Crippen LogP contribution in [0.25, 0.3) is 0 Å². The van der Waals surface area contributed by atoms with Crippen LogP contribution in [0.1, 0.15) is 47.3 Å². The number of nitrogens with one attached hydrogen (secondary N) is 1. The number of hydrogen-bond donors (Lipinski definition) is 2. The van der Waals surface area contributed by atoms with E-state index in [2.05, 4.69) is 5.32 Å². The normalized spacial score (nSPS) is 15.5. The molecule has 1 aliphatic heterocycles. The van der Waals surface area contributed by atoms with E-state index in [-0.39, 0.29) is 30.3 Å². The summed E-state index contributed by atoms with van der Waals surface area (Å²) in [6.45, 7) is 5.30. The molecular formula is C22H28ClN3O2. The van der Waals surface area contributed by atoms with E-state index in [9.17, 15) is 9.59 Å². The fourth-order valence-electron chi connectivity index (χ4n) is 3.47. The number of hydrogen-bond acceptors (Lipinski definition) is 3. The Morgan fingerprint density at radius 3 is 2.32 bits per heavy atom. The standard InChI is InChI=1S/C22H27N3O2.ClH/c1-15-18(22(27)25-13-6-7-14-25)11-8-12-19(15)24-21(26)16(2)20(23)17-9-4-3-5-10-17;/h3-5,8-12,16,20H,6-7,13-14,23H2,1-2H3,(H,24,26);1H. The quantitative estimate of drug-likeness (QED) is 0.797. The number of nitrogens with two attached hydrogens (primary N) is 1. The van der Waals surface area contributed by atoms with Gasteiger partial charge in [0.2, 0.25) is 5.91 Å². The van der Waals surface area contributed by atoms with Gasteiger partial charge in [0.25, 0.3) is 5.91 Å². The predicted molar refractivity (Wildman–Crippen MR) is 115 cm³/mol. The third kappa shape index (κ3) is 4.72. The van der Waals surface area contributed by atoms with Crippen molar-refractivity contribution in [3.05, 3.63) is 65.2 Å². The van der Waals surface area contributed by atoms with Crippen LogP contribution in [0.3, 0.4) is 0 Å². The minimum Gasteiger partial charge on any atom is -0.339 e. The van der Waals surface area contributed by atoms with Crippen LogP contribution in [0.2, 0.25) is 0 Å². The molecule has 0 spiro atoms. The maximum Gasteiger partial charge on any atom is 0.254 e. The van der Waals surface area contributed by atoms with Crippen LogP contribution in [0.5, 0.6) is 0 Å². The fraction of sp³-hybridized carbons (Fsp3) is 0.364. The van der Waals surface area contributed by atoms with Crippen molar-refractivity contribution in [2.24, 2.45) is 11.7 Å². The van der Waals surface area contributed by atoms with Crippen LogP contribution >= 0.6 is 12.4 Å². The molecule has 1 aliphatic rings. The maximum atomic E-state index is 12.7. The monoisotopic (exact) mass is 401 g/mol. The van der Waals surface area contributed by atoms with Gasteiger partial charge in [-0.05, 0) is 43.0 Å². The lowest BCUT2D eigenvalue weighted by atomic mass is 9.94. The molecule has 1 heterocycles. The molecule has 2 aromatic carbocycles. The minimum absolute atomic E-state index is 0. The lowest BCUT2D eigenvalue weighted by Gasteiger charge is -2.22. The van der Waals surface area contributed by atoms with E-state index in [0.29, 0.717) is 11.3 Å². The Morgan fingerprint density at radius 2 is 1.68 bits per heavy atom. The molecule has 2 amide bonds. The molecule has 1 fully saturated rings. The number of likely N-dealkylation sites (tertiary alicyclic amines) is 1. The van der Waals surface area contributed by atoms with E-state index in [1.807, 2.05) is 67.3 Å². The first-order valence-electron chi connectivity index (χ1n) is 9.49. The van der Waals surface area contributed by atoms with Crippen LogP contribution in [0.4, 0.5) is 5.69 Å². The number of nitrogens with zero attached hydrogens (tertiary/aromatic N) is 1. The zero-order chi connectivity index (χ0) is 19.4. The van der Waals surface area contributed by atoms with Crippen molar-refractivity contribution in [1.82, 2.24) is 4.90 Å². The van der Waals surface area contributed by atoms with Gasteiger partial charge >= 0.3 is 0 Å². The minimum atomic E-state index is -0.398. The number of amides is 2. The van der Waals surface area contributed by atoms with Gasteiger partial charge in [0.05, 0.1) is 5.92 Å². The summed E-state index contributed by atoms with van der Waals surface area (Å²) >= 11 is 0. The van der Waals surface area contributed by atoms with Gasteiger partial charge in [-0.1, -0.05) is 43.3 Å². The van der Waals surface area contributed by atoms with Crippen LogP contribution in [-0.2, 0) is 4.79 Å². The Labute approximate surface area is 172 Å². The molecule has 0 aromatic heterocycles. The number of benzene rings is 2. The van der Waals surface area contributed by atoms with Crippen molar-refractivity contribution in [3.63, 3.8) is 0 Å². The highest BCUT2D eigenvalue weighted by molar-refractivity contribution is 6.00. The van der Waals surface area contributed by atoms with Crippen molar-refractivity contribution in [1.29, 1.82) is 0 Å². The van der Waals surface area contributed by atoms with E-state index >= 15 is 0 Å². The molecule has 0 saturated carbocycles. The van der Waals surface area contributed by atoms with Crippen LogP contribution in [0, 0.1) is 12.8 Å². The highest BCUT2D eigenvalue weighted by atomic mass is 35.5. The number of anilines is 1. The molecule has 1 saturated heterocycles. The average Bonchev–Trinajstić information content (AvgIpc) is 3.23. The van der Waals surface area contributed by atoms with Gasteiger partial charge in [0, 0.05) is 30.4 Å². The summed E-state index contributed by atoms with van der Waals surface area (Å²) in [6, 6.07) is 14.7. The second-order valence-corrected chi connectivity index (χ2v) is 7.19. The number of carbonyl (C=O) groups excluding carboxylic acids is 2. The summed E-state index contributed by atoms with van der Waals surface area (Å²) in [5.74, 6) is -0.514. The van der Waals surface area contributed by atoms with Crippen LogP contribution in [0.15, 0.2) is 48.5 Å². The second-order valence-electron chi connectivity index (χ2n) is 7.19. The van der Waals surface area contributed by atoms with Crippen LogP contribution < -0.4 is 11.1 Å². The summed E-state index contributed by atoms with van der Waals surface area (Å²) in [4.78, 5) is 27.3. The Kier molecular flexibility index (Phi) is 7.61. The first-order valence-corrected chi connectivity index (χ1v) is 9.49. The predicted octanol–water partition coefficient (Wildman–Crippen LogP) is 3.93. The van der Waals surface area contributed by atoms with Crippen molar-refractivity contribution in [2.45, 2.75) is 32.7 Å². The molecule has 0 aliphatic carbocycles.